The Balaban J connectivity index is 2.28. The van der Waals surface area contributed by atoms with Crippen LogP contribution in [0.4, 0.5) is 0 Å². The Labute approximate surface area is 106 Å². The average Bonchev–Trinajstić information content (AvgIpc) is 3.12. The Morgan fingerprint density at radius 2 is 2.00 bits per heavy atom. The Bertz CT molecular complexity index is 220. The maximum atomic E-state index is 12.1. The van der Waals surface area contributed by atoms with Crippen molar-refractivity contribution < 1.29 is 4.79 Å². The summed E-state index contributed by atoms with van der Waals surface area (Å²) in [7, 11) is 0. The number of nitrogens with zero attached hydrogens (tertiary/aromatic N) is 1. The first-order valence-electron chi connectivity index (χ1n) is 7.22. The topological polar surface area (TPSA) is 46.3 Å². The number of nitrogens with two attached hydrogens (primary N) is 1. The van der Waals surface area contributed by atoms with Crippen LogP contribution in [0.2, 0.25) is 0 Å². The second-order valence-corrected chi connectivity index (χ2v) is 5.18. The van der Waals surface area contributed by atoms with E-state index in [4.69, 9.17) is 5.73 Å². The van der Waals surface area contributed by atoms with Crippen molar-refractivity contribution in [2.75, 3.05) is 13.1 Å². The Kier molecular flexibility index (Phi) is 6.56. The predicted molar refractivity (Wildman–Crippen MR) is 71.7 cm³/mol. The molecule has 0 aromatic heterocycles. The highest BCUT2D eigenvalue weighted by Gasteiger charge is 2.31. The molecule has 1 aliphatic carbocycles. The molecule has 100 valence electrons. The Hall–Kier alpha value is -0.570. The highest BCUT2D eigenvalue weighted by atomic mass is 16.2. The minimum Gasteiger partial charge on any atom is -0.340 e. The van der Waals surface area contributed by atoms with Gasteiger partial charge in [0.2, 0.25) is 5.91 Å². The fraction of sp³-hybridized carbons (Fsp3) is 0.929. The lowest BCUT2D eigenvalue weighted by atomic mass is 9.94. The molecule has 0 bridgehead atoms. The summed E-state index contributed by atoms with van der Waals surface area (Å²) in [5, 5.41) is 0. The van der Waals surface area contributed by atoms with Crippen LogP contribution in [-0.2, 0) is 4.79 Å². The number of hydrogen-bond donors (Lipinski definition) is 1. The maximum absolute atomic E-state index is 12.1. The second-order valence-electron chi connectivity index (χ2n) is 5.18. The first kappa shape index (κ1) is 14.5. The van der Waals surface area contributed by atoms with Crippen molar-refractivity contribution in [1.82, 2.24) is 4.90 Å². The van der Waals surface area contributed by atoms with Crippen molar-refractivity contribution in [2.45, 2.75) is 64.8 Å². The van der Waals surface area contributed by atoms with Crippen molar-refractivity contribution in [1.29, 1.82) is 0 Å². The Morgan fingerprint density at radius 1 is 1.29 bits per heavy atom. The van der Waals surface area contributed by atoms with Crippen LogP contribution in [0.1, 0.15) is 58.8 Å². The molecule has 1 atom stereocenters. The number of carbonyl (C=O) groups excluding carboxylic acids is 1. The third-order valence-electron chi connectivity index (χ3n) is 3.69. The zero-order chi connectivity index (χ0) is 12.7. The quantitative estimate of drug-likeness (QED) is 0.673. The number of rotatable bonds is 9. The molecule has 1 unspecified atom stereocenters. The maximum Gasteiger partial charge on any atom is 0.222 e. The SMILES string of the molecule is CCCC(CCN)CCC(=O)N(CC)C1CC1. The predicted octanol–water partition coefficient (Wildman–Crippen LogP) is 2.54. The van der Waals surface area contributed by atoms with Gasteiger partial charge in [0.1, 0.15) is 0 Å². The van der Waals surface area contributed by atoms with Gasteiger partial charge in [0.15, 0.2) is 0 Å². The van der Waals surface area contributed by atoms with Gasteiger partial charge in [-0.25, -0.2) is 0 Å². The number of amides is 1. The number of hydrogen-bond acceptors (Lipinski definition) is 2. The molecule has 0 saturated heterocycles. The fourth-order valence-corrected chi connectivity index (χ4v) is 2.57. The molecule has 0 aromatic carbocycles. The van der Waals surface area contributed by atoms with Gasteiger partial charge in [-0.3, -0.25) is 4.79 Å². The summed E-state index contributed by atoms with van der Waals surface area (Å²) in [6.07, 6.45) is 7.62. The van der Waals surface area contributed by atoms with Crippen molar-refractivity contribution in [3.8, 4) is 0 Å². The van der Waals surface area contributed by atoms with Crippen LogP contribution in [0.25, 0.3) is 0 Å². The third-order valence-corrected chi connectivity index (χ3v) is 3.69. The lowest BCUT2D eigenvalue weighted by Gasteiger charge is -2.22. The minimum absolute atomic E-state index is 0.355. The summed E-state index contributed by atoms with van der Waals surface area (Å²) < 4.78 is 0. The molecular weight excluding hydrogens is 212 g/mol. The molecule has 1 amide bonds. The van der Waals surface area contributed by atoms with Crippen molar-refractivity contribution in [2.24, 2.45) is 11.7 Å². The molecule has 3 nitrogen and oxygen atoms in total. The van der Waals surface area contributed by atoms with E-state index in [9.17, 15) is 4.79 Å². The van der Waals surface area contributed by atoms with E-state index >= 15 is 0 Å². The van der Waals surface area contributed by atoms with Gasteiger partial charge in [0, 0.05) is 19.0 Å². The van der Waals surface area contributed by atoms with Gasteiger partial charge in [-0.1, -0.05) is 19.8 Å². The zero-order valence-electron chi connectivity index (χ0n) is 11.5. The van der Waals surface area contributed by atoms with E-state index in [-0.39, 0.29) is 0 Å². The number of carbonyl (C=O) groups is 1. The first-order valence-corrected chi connectivity index (χ1v) is 7.22. The average molecular weight is 240 g/mol. The highest BCUT2D eigenvalue weighted by molar-refractivity contribution is 5.76. The van der Waals surface area contributed by atoms with Crippen LogP contribution in [0, 0.1) is 5.92 Å². The normalized spacial score (nSPS) is 16.9. The molecule has 2 N–H and O–H groups in total. The van der Waals surface area contributed by atoms with Crippen LogP contribution in [0.3, 0.4) is 0 Å². The summed E-state index contributed by atoms with van der Waals surface area (Å²) in [4.78, 5) is 14.1. The van der Waals surface area contributed by atoms with Gasteiger partial charge in [0.25, 0.3) is 0 Å². The molecule has 17 heavy (non-hydrogen) atoms. The van der Waals surface area contributed by atoms with Crippen LogP contribution in [0.5, 0.6) is 0 Å². The smallest absolute Gasteiger partial charge is 0.222 e. The molecule has 1 rings (SSSR count). The van der Waals surface area contributed by atoms with E-state index in [0.29, 0.717) is 17.9 Å². The third kappa shape index (κ3) is 5.07. The molecule has 0 aliphatic heterocycles. The molecule has 3 heteroatoms. The van der Waals surface area contributed by atoms with Crippen molar-refractivity contribution >= 4 is 5.91 Å². The van der Waals surface area contributed by atoms with Crippen molar-refractivity contribution in [3.63, 3.8) is 0 Å². The molecule has 1 saturated carbocycles. The Morgan fingerprint density at radius 3 is 2.47 bits per heavy atom. The monoisotopic (exact) mass is 240 g/mol. The van der Waals surface area contributed by atoms with Crippen LogP contribution >= 0.6 is 0 Å². The highest BCUT2D eigenvalue weighted by Crippen LogP contribution is 2.28. The van der Waals surface area contributed by atoms with Gasteiger partial charge in [-0.2, -0.15) is 0 Å². The molecule has 0 radical (unpaired) electrons. The van der Waals surface area contributed by atoms with E-state index < -0.39 is 0 Å². The molecular formula is C14H28N2O. The van der Waals surface area contributed by atoms with E-state index in [1.807, 2.05) is 0 Å². The van der Waals surface area contributed by atoms with Crippen LogP contribution < -0.4 is 5.73 Å². The molecule has 0 spiro atoms. The van der Waals surface area contributed by atoms with E-state index in [2.05, 4.69) is 18.7 Å². The largest absolute Gasteiger partial charge is 0.340 e. The van der Waals surface area contributed by atoms with E-state index in [0.717, 1.165) is 32.4 Å². The van der Waals surface area contributed by atoms with Crippen LogP contribution in [-0.4, -0.2) is 29.9 Å². The zero-order valence-corrected chi connectivity index (χ0v) is 11.5. The second kappa shape index (κ2) is 7.70. The van der Waals surface area contributed by atoms with E-state index in [1.54, 1.807) is 0 Å². The summed E-state index contributed by atoms with van der Waals surface area (Å²) >= 11 is 0. The van der Waals surface area contributed by atoms with Crippen LogP contribution in [0.15, 0.2) is 0 Å². The molecule has 0 heterocycles. The lowest BCUT2D eigenvalue weighted by molar-refractivity contribution is -0.131. The summed E-state index contributed by atoms with van der Waals surface area (Å²) in [5.41, 5.74) is 5.61. The van der Waals surface area contributed by atoms with Crippen molar-refractivity contribution in [3.05, 3.63) is 0 Å². The van der Waals surface area contributed by atoms with Gasteiger partial charge in [0.05, 0.1) is 0 Å². The minimum atomic E-state index is 0.355. The van der Waals surface area contributed by atoms with E-state index in [1.165, 1.54) is 25.7 Å². The fourth-order valence-electron chi connectivity index (χ4n) is 2.57. The molecule has 1 fully saturated rings. The summed E-state index contributed by atoms with van der Waals surface area (Å²) in [5.74, 6) is 1.000. The van der Waals surface area contributed by atoms with Gasteiger partial charge in [-0.05, 0) is 45.1 Å². The standard InChI is InChI=1S/C14H28N2O/c1-3-5-12(10-11-15)6-9-14(17)16(4-2)13-7-8-13/h12-13H,3-11,15H2,1-2H3. The van der Waals surface area contributed by atoms with Gasteiger partial charge in [-0.15, -0.1) is 0 Å². The summed E-state index contributed by atoms with van der Waals surface area (Å²) in [6.45, 7) is 5.91. The lowest BCUT2D eigenvalue weighted by Crippen LogP contribution is -2.33. The van der Waals surface area contributed by atoms with Gasteiger partial charge < -0.3 is 10.6 Å². The molecule has 0 aromatic rings. The van der Waals surface area contributed by atoms with Gasteiger partial charge >= 0.3 is 0 Å². The first-order chi connectivity index (χ1) is 8.22. The molecule has 1 aliphatic rings. The summed E-state index contributed by atoms with van der Waals surface area (Å²) in [6, 6.07) is 0.562.